The van der Waals surface area contributed by atoms with Crippen LogP contribution in [-0.4, -0.2) is 5.11 Å². The first kappa shape index (κ1) is 9.84. The summed E-state index contributed by atoms with van der Waals surface area (Å²) in [4.78, 5) is 0. The number of fused-ring (bicyclic) bond motifs is 1. The topological polar surface area (TPSA) is 46.2 Å². The molecule has 2 rings (SSSR count). The lowest BCUT2D eigenvalue weighted by atomic mass is 9.97. The van der Waals surface area contributed by atoms with E-state index >= 15 is 0 Å². The molecule has 0 aliphatic carbocycles. The van der Waals surface area contributed by atoms with Gasteiger partial charge in [-0.05, 0) is 55.0 Å². The fourth-order valence-electron chi connectivity index (χ4n) is 1.85. The van der Waals surface area contributed by atoms with Crippen LogP contribution in [0.3, 0.4) is 0 Å². The predicted octanol–water partition coefficient (Wildman–Crippen LogP) is 3.05. The second-order valence-corrected chi connectivity index (χ2v) is 4.04. The zero-order chi connectivity index (χ0) is 11.2. The summed E-state index contributed by atoms with van der Waals surface area (Å²) >= 11 is 0. The quantitative estimate of drug-likeness (QED) is 0.643. The van der Waals surface area contributed by atoms with Crippen LogP contribution in [-0.2, 0) is 0 Å². The van der Waals surface area contributed by atoms with Gasteiger partial charge >= 0.3 is 0 Å². The number of hydrogen-bond donors (Lipinski definition) is 2. The van der Waals surface area contributed by atoms with Gasteiger partial charge in [-0.15, -0.1) is 0 Å². The highest BCUT2D eigenvalue weighted by Gasteiger charge is 2.09. The van der Waals surface area contributed by atoms with Crippen molar-refractivity contribution in [3.05, 3.63) is 34.9 Å². The molecule has 78 valence electrons. The summed E-state index contributed by atoms with van der Waals surface area (Å²) < 4.78 is 0. The third-order valence-corrected chi connectivity index (χ3v) is 3.12. The first-order valence-electron chi connectivity index (χ1n) is 5.00. The van der Waals surface area contributed by atoms with Crippen molar-refractivity contribution in [2.75, 3.05) is 5.73 Å². The van der Waals surface area contributed by atoms with Gasteiger partial charge in [0.2, 0.25) is 0 Å². The minimum atomic E-state index is 0.369. The summed E-state index contributed by atoms with van der Waals surface area (Å²) in [6.07, 6.45) is 0. The van der Waals surface area contributed by atoms with Crippen molar-refractivity contribution in [1.29, 1.82) is 0 Å². The zero-order valence-corrected chi connectivity index (χ0v) is 9.26. The van der Waals surface area contributed by atoms with E-state index in [1.165, 1.54) is 0 Å². The van der Waals surface area contributed by atoms with Crippen molar-refractivity contribution in [2.45, 2.75) is 20.8 Å². The van der Waals surface area contributed by atoms with Crippen molar-refractivity contribution in [1.82, 2.24) is 0 Å². The predicted molar refractivity (Wildman–Crippen MR) is 64.2 cm³/mol. The van der Waals surface area contributed by atoms with E-state index in [4.69, 9.17) is 5.73 Å². The lowest BCUT2D eigenvalue weighted by molar-refractivity contribution is 0.477. The van der Waals surface area contributed by atoms with Crippen LogP contribution in [0.25, 0.3) is 10.8 Å². The van der Waals surface area contributed by atoms with E-state index in [2.05, 4.69) is 6.07 Å². The molecular weight excluding hydrogens is 186 g/mol. The number of rotatable bonds is 0. The van der Waals surface area contributed by atoms with Crippen LogP contribution in [0.15, 0.2) is 18.2 Å². The molecule has 0 saturated heterocycles. The Balaban J connectivity index is 2.98. The molecule has 0 unspecified atom stereocenters. The molecule has 3 N–H and O–H groups in total. The molecule has 2 heteroatoms. The van der Waals surface area contributed by atoms with Crippen molar-refractivity contribution in [3.8, 4) is 5.75 Å². The molecule has 0 spiro atoms. The van der Waals surface area contributed by atoms with Crippen LogP contribution in [0.1, 0.15) is 16.7 Å². The molecule has 0 aromatic heterocycles. The van der Waals surface area contributed by atoms with E-state index in [9.17, 15) is 5.11 Å². The smallest absolute Gasteiger partial charge is 0.126 e. The standard InChI is InChI=1S/C13H15NO/c1-7-6-11-9(3)12(14)5-4-10(11)13(15)8(7)2/h4-6,15H,14H2,1-3H3. The Hall–Kier alpha value is -1.70. The summed E-state index contributed by atoms with van der Waals surface area (Å²) in [6, 6.07) is 5.79. The molecule has 0 atom stereocenters. The number of phenols is 1. The molecule has 0 aliphatic rings. The molecule has 2 aromatic carbocycles. The Morgan fingerprint density at radius 2 is 1.67 bits per heavy atom. The maximum absolute atomic E-state index is 10.0. The highest BCUT2D eigenvalue weighted by Crippen LogP contribution is 2.34. The van der Waals surface area contributed by atoms with Gasteiger partial charge in [0.1, 0.15) is 5.75 Å². The number of benzene rings is 2. The van der Waals surface area contributed by atoms with Gasteiger partial charge in [-0.25, -0.2) is 0 Å². The zero-order valence-electron chi connectivity index (χ0n) is 9.26. The Morgan fingerprint density at radius 3 is 2.33 bits per heavy atom. The van der Waals surface area contributed by atoms with Gasteiger partial charge in [-0.2, -0.15) is 0 Å². The molecule has 15 heavy (non-hydrogen) atoms. The second-order valence-electron chi connectivity index (χ2n) is 4.04. The van der Waals surface area contributed by atoms with E-state index in [0.717, 1.165) is 33.2 Å². The Kier molecular flexibility index (Phi) is 2.07. The summed E-state index contributed by atoms with van der Waals surface area (Å²) in [6.45, 7) is 5.90. The van der Waals surface area contributed by atoms with E-state index in [0.29, 0.717) is 5.75 Å². The highest BCUT2D eigenvalue weighted by molar-refractivity contribution is 5.95. The Bertz CT molecular complexity index is 544. The van der Waals surface area contributed by atoms with Gasteiger partial charge in [0.25, 0.3) is 0 Å². The minimum Gasteiger partial charge on any atom is -0.507 e. The number of anilines is 1. The largest absolute Gasteiger partial charge is 0.507 e. The summed E-state index contributed by atoms with van der Waals surface area (Å²) in [5.74, 6) is 0.369. The number of nitrogen functional groups attached to an aromatic ring is 1. The first-order valence-corrected chi connectivity index (χ1v) is 5.00. The SMILES string of the molecule is Cc1cc2c(C)c(N)ccc2c(O)c1C. The van der Waals surface area contributed by atoms with Gasteiger partial charge in [0.15, 0.2) is 0 Å². The number of aryl methyl sites for hydroxylation is 2. The highest BCUT2D eigenvalue weighted by atomic mass is 16.3. The molecule has 0 fully saturated rings. The van der Waals surface area contributed by atoms with E-state index in [1.54, 1.807) is 0 Å². The number of phenolic OH excluding ortho intramolecular Hbond substituents is 1. The maximum Gasteiger partial charge on any atom is 0.126 e. The lowest BCUT2D eigenvalue weighted by Crippen LogP contribution is -1.92. The molecule has 0 aliphatic heterocycles. The van der Waals surface area contributed by atoms with Crippen LogP contribution in [0.2, 0.25) is 0 Å². The van der Waals surface area contributed by atoms with E-state index in [1.807, 2.05) is 32.9 Å². The summed E-state index contributed by atoms with van der Waals surface area (Å²) in [5.41, 5.74) is 9.67. The van der Waals surface area contributed by atoms with Crippen molar-refractivity contribution < 1.29 is 5.11 Å². The second kappa shape index (κ2) is 3.16. The van der Waals surface area contributed by atoms with Crippen molar-refractivity contribution in [2.24, 2.45) is 0 Å². The third-order valence-electron chi connectivity index (χ3n) is 3.12. The van der Waals surface area contributed by atoms with E-state index in [-0.39, 0.29) is 0 Å². The lowest BCUT2D eigenvalue weighted by Gasteiger charge is -2.11. The van der Waals surface area contributed by atoms with Crippen LogP contribution in [0.5, 0.6) is 5.75 Å². The molecular formula is C13H15NO. The molecule has 0 saturated carbocycles. The van der Waals surface area contributed by atoms with Crippen molar-refractivity contribution in [3.63, 3.8) is 0 Å². The van der Waals surface area contributed by atoms with Gasteiger partial charge in [-0.3, -0.25) is 0 Å². The normalized spacial score (nSPS) is 10.9. The van der Waals surface area contributed by atoms with Crippen molar-refractivity contribution >= 4 is 16.5 Å². The number of nitrogens with two attached hydrogens (primary N) is 1. The van der Waals surface area contributed by atoms with E-state index < -0.39 is 0 Å². The number of aromatic hydroxyl groups is 1. The van der Waals surface area contributed by atoms with Gasteiger partial charge < -0.3 is 10.8 Å². The average Bonchev–Trinajstić information content (AvgIpc) is 2.21. The minimum absolute atomic E-state index is 0.369. The Labute approximate surface area is 89.3 Å². The Morgan fingerprint density at radius 1 is 1.00 bits per heavy atom. The summed E-state index contributed by atoms with van der Waals surface area (Å²) in [7, 11) is 0. The monoisotopic (exact) mass is 201 g/mol. The average molecular weight is 201 g/mol. The third kappa shape index (κ3) is 1.33. The van der Waals surface area contributed by atoms with Crippen LogP contribution in [0, 0.1) is 20.8 Å². The molecule has 2 aromatic rings. The van der Waals surface area contributed by atoms with Crippen LogP contribution >= 0.6 is 0 Å². The van der Waals surface area contributed by atoms with Gasteiger partial charge in [-0.1, -0.05) is 6.07 Å². The van der Waals surface area contributed by atoms with Crippen LogP contribution in [0.4, 0.5) is 5.69 Å². The molecule has 0 amide bonds. The molecule has 0 heterocycles. The molecule has 0 bridgehead atoms. The number of hydrogen-bond acceptors (Lipinski definition) is 2. The maximum atomic E-state index is 10.0. The van der Waals surface area contributed by atoms with Gasteiger partial charge in [0.05, 0.1) is 0 Å². The fourth-order valence-corrected chi connectivity index (χ4v) is 1.85. The van der Waals surface area contributed by atoms with Crippen LogP contribution < -0.4 is 5.73 Å². The molecule has 2 nitrogen and oxygen atoms in total. The fraction of sp³-hybridized carbons (Fsp3) is 0.231. The summed E-state index contributed by atoms with van der Waals surface area (Å²) in [5, 5.41) is 11.9. The van der Waals surface area contributed by atoms with Gasteiger partial charge in [0, 0.05) is 11.1 Å². The molecule has 0 radical (unpaired) electrons. The first-order chi connectivity index (χ1) is 7.02.